The second kappa shape index (κ2) is 7.74. The van der Waals surface area contributed by atoms with Crippen molar-refractivity contribution < 1.29 is 9.53 Å². The monoisotopic (exact) mass is 281 g/mol. The van der Waals surface area contributed by atoms with E-state index >= 15 is 0 Å². The quantitative estimate of drug-likeness (QED) is 0.717. The Kier molecular flexibility index (Phi) is 6.30. The molecular formula is C13H19N3O2S. The number of aryl methyl sites for hydroxylation is 1. The molecule has 0 aliphatic carbocycles. The number of methoxy groups -OCH3 is 1. The van der Waals surface area contributed by atoms with E-state index in [0.29, 0.717) is 19.4 Å². The Morgan fingerprint density at radius 3 is 3.00 bits per heavy atom. The van der Waals surface area contributed by atoms with E-state index in [1.165, 1.54) is 7.11 Å². The summed E-state index contributed by atoms with van der Waals surface area (Å²) in [6, 6.07) is 2.23. The smallest absolute Gasteiger partial charge is 0.305 e. The lowest BCUT2D eigenvalue weighted by Crippen LogP contribution is -2.27. The molecule has 6 heteroatoms. The van der Waals surface area contributed by atoms with E-state index in [4.69, 9.17) is 5.26 Å². The van der Waals surface area contributed by atoms with Crippen LogP contribution < -0.4 is 4.90 Å². The third-order valence-corrected chi connectivity index (χ3v) is 3.67. The molecule has 0 aliphatic heterocycles. The van der Waals surface area contributed by atoms with Crippen molar-refractivity contribution in [2.24, 2.45) is 5.92 Å². The Bertz CT molecular complexity index is 453. The molecule has 1 unspecified atom stereocenters. The van der Waals surface area contributed by atoms with E-state index in [1.54, 1.807) is 11.3 Å². The maximum absolute atomic E-state index is 11.1. The minimum absolute atomic E-state index is 0.0256. The van der Waals surface area contributed by atoms with Gasteiger partial charge in [-0.25, -0.2) is 4.98 Å². The van der Waals surface area contributed by atoms with Crippen LogP contribution in [-0.2, 0) is 16.0 Å². The van der Waals surface area contributed by atoms with Gasteiger partial charge in [-0.2, -0.15) is 5.26 Å². The van der Waals surface area contributed by atoms with Crippen molar-refractivity contribution in [1.82, 2.24) is 4.98 Å². The summed E-state index contributed by atoms with van der Waals surface area (Å²) < 4.78 is 4.60. The minimum atomic E-state index is -0.222. The molecule has 1 aromatic rings. The predicted octanol–water partition coefficient (Wildman–Crippen LogP) is 2.23. The fraction of sp³-hybridized carbons (Fsp3) is 0.615. The van der Waals surface area contributed by atoms with E-state index in [1.807, 2.05) is 19.2 Å². The summed E-state index contributed by atoms with van der Waals surface area (Å²) in [6.07, 6.45) is 0.939. The number of carbonyl (C=O) groups excluding carboxylic acids is 1. The second-order valence-electron chi connectivity index (χ2n) is 4.27. The zero-order chi connectivity index (χ0) is 14.3. The molecule has 104 valence electrons. The first kappa shape index (κ1) is 15.4. The van der Waals surface area contributed by atoms with Crippen LogP contribution in [0.1, 0.15) is 26.0 Å². The van der Waals surface area contributed by atoms with Gasteiger partial charge in [0.05, 0.1) is 31.2 Å². The fourth-order valence-electron chi connectivity index (χ4n) is 1.60. The number of hydrogen-bond donors (Lipinski definition) is 0. The maximum atomic E-state index is 11.1. The van der Waals surface area contributed by atoms with E-state index < -0.39 is 0 Å². The molecule has 0 fully saturated rings. The number of nitrogens with zero attached hydrogens (tertiary/aromatic N) is 3. The molecule has 1 rings (SSSR count). The van der Waals surface area contributed by atoms with Gasteiger partial charge < -0.3 is 9.64 Å². The molecule has 1 heterocycles. The SMILES string of the molecule is CCN(CC(C)C#N)c1nc(CCC(=O)OC)cs1. The van der Waals surface area contributed by atoms with Crippen LogP contribution in [0.5, 0.6) is 0 Å². The first-order chi connectivity index (χ1) is 9.10. The minimum Gasteiger partial charge on any atom is -0.469 e. The third kappa shape index (κ3) is 4.87. The van der Waals surface area contributed by atoms with Crippen LogP contribution in [-0.4, -0.2) is 31.2 Å². The molecule has 0 saturated carbocycles. The van der Waals surface area contributed by atoms with E-state index in [9.17, 15) is 4.79 Å². The highest BCUT2D eigenvalue weighted by Crippen LogP contribution is 2.22. The Morgan fingerprint density at radius 1 is 1.68 bits per heavy atom. The average Bonchev–Trinajstić information content (AvgIpc) is 2.90. The summed E-state index contributed by atoms with van der Waals surface area (Å²) in [4.78, 5) is 17.7. The summed E-state index contributed by atoms with van der Waals surface area (Å²) in [5.41, 5.74) is 0.897. The second-order valence-corrected chi connectivity index (χ2v) is 5.10. The lowest BCUT2D eigenvalue weighted by Gasteiger charge is -2.20. The van der Waals surface area contributed by atoms with Crippen LogP contribution in [0.15, 0.2) is 5.38 Å². The lowest BCUT2D eigenvalue weighted by atomic mass is 10.2. The van der Waals surface area contributed by atoms with Gasteiger partial charge in [0.1, 0.15) is 0 Å². The van der Waals surface area contributed by atoms with Gasteiger partial charge in [0.25, 0.3) is 0 Å². The molecule has 5 nitrogen and oxygen atoms in total. The Balaban J connectivity index is 2.61. The third-order valence-electron chi connectivity index (χ3n) is 2.72. The summed E-state index contributed by atoms with van der Waals surface area (Å²) >= 11 is 1.55. The molecule has 0 spiro atoms. The number of thiazole rings is 1. The van der Waals surface area contributed by atoms with Crippen molar-refractivity contribution in [3.63, 3.8) is 0 Å². The number of anilines is 1. The molecule has 1 atom stereocenters. The molecular weight excluding hydrogens is 262 g/mol. The number of rotatable bonds is 7. The van der Waals surface area contributed by atoms with E-state index in [2.05, 4.69) is 20.7 Å². The molecule has 1 aromatic heterocycles. The summed E-state index contributed by atoms with van der Waals surface area (Å²) in [5, 5.41) is 11.7. The predicted molar refractivity (Wildman–Crippen MR) is 75.1 cm³/mol. The Labute approximate surface area is 117 Å². The average molecular weight is 281 g/mol. The van der Waals surface area contributed by atoms with Gasteiger partial charge in [0.15, 0.2) is 5.13 Å². The highest BCUT2D eigenvalue weighted by molar-refractivity contribution is 7.13. The van der Waals surface area contributed by atoms with Crippen molar-refractivity contribution >= 4 is 22.4 Å². The molecule has 19 heavy (non-hydrogen) atoms. The van der Waals surface area contributed by atoms with Crippen molar-refractivity contribution in [3.8, 4) is 6.07 Å². The maximum Gasteiger partial charge on any atom is 0.305 e. The van der Waals surface area contributed by atoms with Crippen molar-refractivity contribution in [3.05, 3.63) is 11.1 Å². The fourth-order valence-corrected chi connectivity index (χ4v) is 2.54. The van der Waals surface area contributed by atoms with Gasteiger partial charge in [-0.05, 0) is 13.8 Å². The zero-order valence-electron chi connectivity index (χ0n) is 11.5. The Hall–Kier alpha value is -1.61. The highest BCUT2D eigenvalue weighted by Gasteiger charge is 2.13. The van der Waals surface area contributed by atoms with E-state index in [-0.39, 0.29) is 11.9 Å². The molecule has 0 N–H and O–H groups in total. The number of ether oxygens (including phenoxy) is 1. The number of esters is 1. The van der Waals surface area contributed by atoms with Gasteiger partial charge in [-0.3, -0.25) is 4.79 Å². The van der Waals surface area contributed by atoms with E-state index in [0.717, 1.165) is 17.4 Å². The van der Waals surface area contributed by atoms with Gasteiger partial charge >= 0.3 is 5.97 Å². The molecule has 0 radical (unpaired) electrons. The van der Waals surface area contributed by atoms with Gasteiger partial charge in [-0.1, -0.05) is 0 Å². The van der Waals surface area contributed by atoms with Crippen molar-refractivity contribution in [2.75, 3.05) is 25.1 Å². The van der Waals surface area contributed by atoms with Crippen LogP contribution >= 0.6 is 11.3 Å². The largest absolute Gasteiger partial charge is 0.469 e. The van der Waals surface area contributed by atoms with Crippen LogP contribution in [0.25, 0.3) is 0 Å². The van der Waals surface area contributed by atoms with Crippen molar-refractivity contribution in [2.45, 2.75) is 26.7 Å². The highest BCUT2D eigenvalue weighted by atomic mass is 32.1. The first-order valence-electron chi connectivity index (χ1n) is 6.26. The van der Waals surface area contributed by atoms with Crippen LogP contribution in [0.3, 0.4) is 0 Å². The van der Waals surface area contributed by atoms with Crippen LogP contribution in [0, 0.1) is 17.2 Å². The molecule has 0 aliphatic rings. The lowest BCUT2D eigenvalue weighted by molar-refractivity contribution is -0.140. The number of hydrogen-bond acceptors (Lipinski definition) is 6. The zero-order valence-corrected chi connectivity index (χ0v) is 12.4. The normalized spacial score (nSPS) is 11.7. The summed E-state index contributed by atoms with van der Waals surface area (Å²) in [5.74, 6) is -0.248. The number of carbonyl (C=O) groups is 1. The molecule has 0 bridgehead atoms. The topological polar surface area (TPSA) is 66.2 Å². The summed E-state index contributed by atoms with van der Waals surface area (Å²) in [6.45, 7) is 5.43. The molecule has 0 saturated heterocycles. The number of aromatic nitrogens is 1. The van der Waals surface area contributed by atoms with Gasteiger partial charge in [0, 0.05) is 24.9 Å². The standard InChI is InChI=1S/C13H19N3O2S/c1-4-16(8-10(2)7-14)13-15-11(9-19-13)5-6-12(17)18-3/h9-10H,4-6,8H2,1-3H3. The molecule has 0 aromatic carbocycles. The molecule has 0 amide bonds. The Morgan fingerprint density at radius 2 is 2.42 bits per heavy atom. The van der Waals surface area contributed by atoms with Crippen LogP contribution in [0.4, 0.5) is 5.13 Å². The summed E-state index contributed by atoms with van der Waals surface area (Å²) in [7, 11) is 1.39. The van der Waals surface area contributed by atoms with Crippen LogP contribution in [0.2, 0.25) is 0 Å². The van der Waals surface area contributed by atoms with Gasteiger partial charge in [0.2, 0.25) is 0 Å². The number of nitriles is 1. The van der Waals surface area contributed by atoms with Gasteiger partial charge in [-0.15, -0.1) is 11.3 Å². The first-order valence-corrected chi connectivity index (χ1v) is 7.14. The van der Waals surface area contributed by atoms with Crippen molar-refractivity contribution in [1.29, 1.82) is 5.26 Å².